The SMILES string of the molecule is CN(C)CCCCCCc1ccc(N=CNO)cc1. The number of rotatable bonds is 9. The highest BCUT2D eigenvalue weighted by atomic mass is 16.5. The van der Waals surface area contributed by atoms with Crippen LogP contribution in [0, 0.1) is 0 Å². The summed E-state index contributed by atoms with van der Waals surface area (Å²) >= 11 is 0. The smallest absolute Gasteiger partial charge is 0.113 e. The number of nitrogens with one attached hydrogen (secondary N) is 1. The Kier molecular flexibility index (Phi) is 7.86. The maximum atomic E-state index is 8.40. The van der Waals surface area contributed by atoms with Gasteiger partial charge in [0.2, 0.25) is 0 Å². The molecule has 0 radical (unpaired) electrons. The maximum absolute atomic E-state index is 8.40. The van der Waals surface area contributed by atoms with Crippen molar-refractivity contribution in [1.82, 2.24) is 10.4 Å². The first-order chi connectivity index (χ1) is 9.22. The lowest BCUT2D eigenvalue weighted by atomic mass is 10.1. The summed E-state index contributed by atoms with van der Waals surface area (Å²) in [4.78, 5) is 6.25. The zero-order chi connectivity index (χ0) is 13.9. The highest BCUT2D eigenvalue weighted by Gasteiger charge is 1.95. The second-order valence-corrected chi connectivity index (χ2v) is 5.02. The number of aliphatic imine (C=N–C) groups is 1. The molecule has 0 unspecified atom stereocenters. The summed E-state index contributed by atoms with van der Waals surface area (Å²) in [7, 11) is 4.24. The molecule has 0 bridgehead atoms. The molecule has 0 amide bonds. The van der Waals surface area contributed by atoms with Gasteiger partial charge in [0.05, 0.1) is 5.69 Å². The molecule has 0 saturated carbocycles. The first-order valence-corrected chi connectivity index (χ1v) is 6.88. The minimum absolute atomic E-state index is 0.844. The van der Waals surface area contributed by atoms with E-state index in [-0.39, 0.29) is 0 Å². The van der Waals surface area contributed by atoms with Crippen LogP contribution < -0.4 is 5.48 Å². The van der Waals surface area contributed by atoms with Crippen LogP contribution in [0.1, 0.15) is 31.2 Å². The van der Waals surface area contributed by atoms with Gasteiger partial charge in [0.25, 0.3) is 0 Å². The largest absolute Gasteiger partial charge is 0.309 e. The molecule has 0 aromatic heterocycles. The van der Waals surface area contributed by atoms with Crippen molar-refractivity contribution in [3.8, 4) is 0 Å². The molecular formula is C15H25N3O. The predicted octanol–water partition coefficient (Wildman–Crippen LogP) is 2.99. The minimum Gasteiger partial charge on any atom is -0.309 e. The average Bonchev–Trinajstić information content (AvgIpc) is 2.41. The highest BCUT2D eigenvalue weighted by molar-refractivity contribution is 5.59. The normalized spacial score (nSPS) is 11.4. The van der Waals surface area contributed by atoms with Crippen LogP contribution >= 0.6 is 0 Å². The molecule has 106 valence electrons. The van der Waals surface area contributed by atoms with Gasteiger partial charge in [0, 0.05) is 0 Å². The first-order valence-electron chi connectivity index (χ1n) is 6.88. The summed E-state index contributed by atoms with van der Waals surface area (Å²) < 4.78 is 0. The Balaban J connectivity index is 2.17. The average molecular weight is 263 g/mol. The van der Waals surface area contributed by atoms with Crippen LogP contribution in [0.25, 0.3) is 0 Å². The lowest BCUT2D eigenvalue weighted by Gasteiger charge is -2.08. The van der Waals surface area contributed by atoms with Gasteiger partial charge >= 0.3 is 0 Å². The van der Waals surface area contributed by atoms with Crippen LogP contribution in [0.5, 0.6) is 0 Å². The van der Waals surface area contributed by atoms with E-state index >= 15 is 0 Å². The van der Waals surface area contributed by atoms with Gasteiger partial charge in [-0.1, -0.05) is 25.0 Å². The monoisotopic (exact) mass is 263 g/mol. The maximum Gasteiger partial charge on any atom is 0.113 e. The fourth-order valence-electron chi connectivity index (χ4n) is 1.96. The fourth-order valence-corrected chi connectivity index (χ4v) is 1.96. The van der Waals surface area contributed by atoms with Crippen molar-refractivity contribution in [3.63, 3.8) is 0 Å². The molecule has 0 heterocycles. The van der Waals surface area contributed by atoms with E-state index in [1.807, 2.05) is 17.6 Å². The van der Waals surface area contributed by atoms with Crippen molar-refractivity contribution in [1.29, 1.82) is 0 Å². The molecule has 0 fully saturated rings. The van der Waals surface area contributed by atoms with Gasteiger partial charge in [-0.05, 0) is 57.6 Å². The molecule has 19 heavy (non-hydrogen) atoms. The van der Waals surface area contributed by atoms with Crippen molar-refractivity contribution >= 4 is 12.0 Å². The quantitative estimate of drug-likeness (QED) is 0.312. The van der Waals surface area contributed by atoms with Crippen LogP contribution in [0.15, 0.2) is 29.3 Å². The standard InChI is InChI=1S/C15H25N3O/c1-18(2)12-6-4-3-5-7-14-8-10-15(11-9-14)16-13-17-19/h8-11,13,19H,3-7,12H2,1-2H3,(H,16,17). The zero-order valence-electron chi connectivity index (χ0n) is 12.0. The van der Waals surface area contributed by atoms with Gasteiger partial charge in [-0.25, -0.2) is 4.99 Å². The van der Waals surface area contributed by atoms with Crippen LogP contribution in [0.3, 0.4) is 0 Å². The van der Waals surface area contributed by atoms with Gasteiger partial charge in [-0.3, -0.25) is 10.7 Å². The summed E-state index contributed by atoms with van der Waals surface area (Å²) in [6, 6.07) is 8.14. The Labute approximate surface area is 116 Å². The first kappa shape index (κ1) is 15.7. The van der Waals surface area contributed by atoms with Crippen molar-refractivity contribution in [3.05, 3.63) is 29.8 Å². The molecule has 0 aliphatic heterocycles. The van der Waals surface area contributed by atoms with Crippen molar-refractivity contribution in [2.45, 2.75) is 32.1 Å². The summed E-state index contributed by atoms with van der Waals surface area (Å²) in [5.74, 6) is 0. The number of hydrogen-bond donors (Lipinski definition) is 2. The molecule has 4 heteroatoms. The van der Waals surface area contributed by atoms with E-state index in [1.54, 1.807) is 0 Å². The Bertz CT molecular complexity index is 360. The molecule has 0 atom stereocenters. The molecule has 1 aromatic carbocycles. The number of unbranched alkanes of at least 4 members (excludes halogenated alkanes) is 3. The lowest BCUT2D eigenvalue weighted by molar-refractivity contribution is 0.240. The minimum atomic E-state index is 0.844. The van der Waals surface area contributed by atoms with Crippen LogP contribution in [-0.4, -0.2) is 37.1 Å². The Morgan fingerprint density at radius 1 is 1.11 bits per heavy atom. The van der Waals surface area contributed by atoms with E-state index in [0.29, 0.717) is 0 Å². The number of aryl methyl sites for hydroxylation is 1. The third kappa shape index (κ3) is 7.59. The molecule has 0 aliphatic rings. The zero-order valence-corrected chi connectivity index (χ0v) is 12.0. The summed E-state index contributed by atoms with van der Waals surface area (Å²) in [6.07, 6.45) is 7.53. The predicted molar refractivity (Wildman–Crippen MR) is 80.2 cm³/mol. The van der Waals surface area contributed by atoms with E-state index in [0.717, 1.165) is 12.1 Å². The van der Waals surface area contributed by atoms with Gasteiger partial charge in [0.15, 0.2) is 0 Å². The van der Waals surface area contributed by atoms with Gasteiger partial charge in [-0.2, -0.15) is 0 Å². The Morgan fingerprint density at radius 3 is 2.42 bits per heavy atom. The van der Waals surface area contributed by atoms with E-state index in [4.69, 9.17) is 5.21 Å². The summed E-state index contributed by atoms with van der Waals surface area (Å²) in [5, 5.41) is 8.40. The van der Waals surface area contributed by atoms with Crippen LogP contribution in [0.2, 0.25) is 0 Å². The second kappa shape index (κ2) is 9.53. The Morgan fingerprint density at radius 2 is 1.79 bits per heavy atom. The number of nitrogens with zero attached hydrogens (tertiary/aromatic N) is 2. The molecule has 0 aliphatic carbocycles. The van der Waals surface area contributed by atoms with Crippen molar-refractivity contribution in [2.75, 3.05) is 20.6 Å². The summed E-state index contributed by atoms with van der Waals surface area (Å²) in [5.41, 5.74) is 4.09. The molecule has 4 nitrogen and oxygen atoms in total. The summed E-state index contributed by atoms with van der Waals surface area (Å²) in [6.45, 7) is 1.19. The molecule has 0 saturated heterocycles. The Hall–Kier alpha value is -1.39. The number of hydroxylamine groups is 1. The van der Waals surface area contributed by atoms with E-state index in [2.05, 4.69) is 36.1 Å². The fraction of sp³-hybridized carbons (Fsp3) is 0.533. The van der Waals surface area contributed by atoms with Gasteiger partial charge in [-0.15, -0.1) is 0 Å². The number of hydrogen-bond acceptors (Lipinski definition) is 3. The van der Waals surface area contributed by atoms with E-state index in [9.17, 15) is 0 Å². The molecular weight excluding hydrogens is 238 g/mol. The lowest BCUT2D eigenvalue weighted by Crippen LogP contribution is -2.12. The highest BCUT2D eigenvalue weighted by Crippen LogP contribution is 2.14. The third-order valence-corrected chi connectivity index (χ3v) is 3.03. The van der Waals surface area contributed by atoms with Crippen molar-refractivity contribution in [2.24, 2.45) is 4.99 Å². The molecule has 0 spiro atoms. The van der Waals surface area contributed by atoms with E-state index in [1.165, 1.54) is 44.1 Å². The molecule has 1 rings (SSSR count). The van der Waals surface area contributed by atoms with Crippen LogP contribution in [0.4, 0.5) is 5.69 Å². The molecule has 1 aromatic rings. The van der Waals surface area contributed by atoms with Crippen molar-refractivity contribution < 1.29 is 5.21 Å². The van der Waals surface area contributed by atoms with Gasteiger partial charge in [0.1, 0.15) is 6.34 Å². The topological polar surface area (TPSA) is 47.9 Å². The van der Waals surface area contributed by atoms with E-state index < -0.39 is 0 Å². The third-order valence-electron chi connectivity index (χ3n) is 3.03. The molecule has 2 N–H and O–H groups in total. The van der Waals surface area contributed by atoms with Crippen LogP contribution in [-0.2, 0) is 6.42 Å². The van der Waals surface area contributed by atoms with Gasteiger partial charge < -0.3 is 4.90 Å². The number of benzene rings is 1. The second-order valence-electron chi connectivity index (χ2n) is 5.02.